The second-order valence-electron chi connectivity index (χ2n) is 10.0. The molecular formula is C32H34ClN5O3S. The summed E-state index contributed by atoms with van der Waals surface area (Å²) in [5, 5.41) is 12.5. The van der Waals surface area contributed by atoms with Gasteiger partial charge in [-0.1, -0.05) is 73.1 Å². The fourth-order valence-electron chi connectivity index (χ4n) is 4.77. The Bertz CT molecular complexity index is 1620. The number of ether oxygens (including phenoxy) is 2. The molecule has 2 N–H and O–H groups in total. The van der Waals surface area contributed by atoms with E-state index in [-0.39, 0.29) is 5.91 Å². The van der Waals surface area contributed by atoms with Gasteiger partial charge in [0, 0.05) is 22.2 Å². The molecule has 0 saturated carbocycles. The van der Waals surface area contributed by atoms with Crippen LogP contribution in [0.25, 0.3) is 0 Å². The highest BCUT2D eigenvalue weighted by molar-refractivity contribution is 7.98. The second-order valence-corrected chi connectivity index (χ2v) is 11.4. The number of hydrogen-bond donors (Lipinski definition) is 2. The first-order valence-electron chi connectivity index (χ1n) is 13.9. The molecule has 0 radical (unpaired) electrons. The van der Waals surface area contributed by atoms with Gasteiger partial charge in [0.05, 0.1) is 19.3 Å². The van der Waals surface area contributed by atoms with Gasteiger partial charge in [-0.3, -0.25) is 4.79 Å². The Hall–Kier alpha value is -3.95. The monoisotopic (exact) mass is 603 g/mol. The maximum absolute atomic E-state index is 13.9. The van der Waals surface area contributed by atoms with Crippen molar-refractivity contribution in [1.82, 2.24) is 14.8 Å². The van der Waals surface area contributed by atoms with E-state index in [9.17, 15) is 4.79 Å². The molecule has 0 fully saturated rings. The van der Waals surface area contributed by atoms with Crippen molar-refractivity contribution in [2.75, 3.05) is 24.4 Å². The molecule has 0 spiro atoms. The van der Waals surface area contributed by atoms with E-state index in [4.69, 9.17) is 31.2 Å². The number of halogens is 1. The topological polar surface area (TPSA) is 90.3 Å². The third-order valence-electron chi connectivity index (χ3n) is 6.93. The second kappa shape index (κ2) is 13.4. The molecule has 1 aromatic heterocycles. The van der Waals surface area contributed by atoms with Gasteiger partial charge in [0.1, 0.15) is 6.04 Å². The summed E-state index contributed by atoms with van der Waals surface area (Å²) in [6, 6.07) is 20.6. The van der Waals surface area contributed by atoms with E-state index in [1.54, 1.807) is 11.8 Å². The van der Waals surface area contributed by atoms with Crippen molar-refractivity contribution in [3.63, 3.8) is 0 Å². The van der Waals surface area contributed by atoms with Crippen LogP contribution in [0, 0.1) is 6.92 Å². The molecular weight excluding hydrogens is 570 g/mol. The van der Waals surface area contributed by atoms with Gasteiger partial charge in [-0.2, -0.15) is 4.98 Å². The van der Waals surface area contributed by atoms with Crippen molar-refractivity contribution in [3.8, 4) is 11.5 Å². The summed E-state index contributed by atoms with van der Waals surface area (Å²) in [4.78, 5) is 18.6. The first-order valence-corrected chi connectivity index (χ1v) is 15.2. The normalized spacial score (nSPS) is 14.3. The third-order valence-corrected chi connectivity index (χ3v) is 8.18. The lowest BCUT2D eigenvalue weighted by molar-refractivity contribution is -0.113. The zero-order valence-electron chi connectivity index (χ0n) is 24.1. The Labute approximate surface area is 255 Å². The number of hydrogen-bond acceptors (Lipinski definition) is 7. The van der Waals surface area contributed by atoms with Crippen LogP contribution in [0.15, 0.2) is 83.2 Å². The first kappa shape index (κ1) is 29.5. The van der Waals surface area contributed by atoms with E-state index in [0.29, 0.717) is 51.3 Å². The van der Waals surface area contributed by atoms with Gasteiger partial charge < -0.3 is 20.1 Å². The van der Waals surface area contributed by atoms with Crippen LogP contribution < -0.4 is 20.1 Å². The molecule has 3 aromatic carbocycles. The lowest BCUT2D eigenvalue weighted by atomic mass is 9.94. The number of aryl methyl sites for hydroxylation is 1. The number of methoxy groups -OCH3 is 1. The number of nitrogens with one attached hydrogen (secondary N) is 2. The number of allylic oxidation sites excluding steroid dienone is 1. The van der Waals surface area contributed by atoms with Crippen molar-refractivity contribution < 1.29 is 14.3 Å². The average molecular weight is 604 g/mol. The summed E-state index contributed by atoms with van der Waals surface area (Å²) < 4.78 is 13.5. The van der Waals surface area contributed by atoms with E-state index in [1.165, 1.54) is 11.8 Å². The van der Waals surface area contributed by atoms with Crippen LogP contribution in [-0.4, -0.2) is 34.4 Å². The van der Waals surface area contributed by atoms with Crippen molar-refractivity contribution in [2.24, 2.45) is 0 Å². The van der Waals surface area contributed by atoms with Gasteiger partial charge in [-0.25, -0.2) is 4.68 Å². The predicted octanol–water partition coefficient (Wildman–Crippen LogP) is 7.65. The fraction of sp³-hybridized carbons (Fsp3) is 0.281. The largest absolute Gasteiger partial charge is 0.493 e. The lowest BCUT2D eigenvalue weighted by Crippen LogP contribution is -2.31. The summed E-state index contributed by atoms with van der Waals surface area (Å²) in [6.45, 7) is 6.59. The van der Waals surface area contributed by atoms with Crippen LogP contribution in [-0.2, 0) is 10.5 Å². The maximum atomic E-state index is 13.9. The van der Waals surface area contributed by atoms with Crippen LogP contribution in [0.4, 0.5) is 11.6 Å². The Morgan fingerprint density at radius 3 is 2.69 bits per heavy atom. The van der Waals surface area contributed by atoms with E-state index in [0.717, 1.165) is 35.2 Å². The summed E-state index contributed by atoms with van der Waals surface area (Å²) >= 11 is 7.86. The van der Waals surface area contributed by atoms with Crippen molar-refractivity contribution in [2.45, 2.75) is 50.6 Å². The first-order chi connectivity index (χ1) is 20.4. The molecule has 5 rings (SSSR count). The number of aromatic nitrogens is 3. The van der Waals surface area contributed by atoms with Gasteiger partial charge in [0.2, 0.25) is 11.1 Å². The minimum atomic E-state index is -0.563. The smallest absolute Gasteiger partial charge is 0.255 e. The Kier molecular flexibility index (Phi) is 9.39. The molecule has 10 heteroatoms. The number of carbonyl (C=O) groups is 1. The summed E-state index contributed by atoms with van der Waals surface area (Å²) in [6.07, 6.45) is 1.98. The molecule has 1 atom stereocenters. The highest BCUT2D eigenvalue weighted by Crippen LogP contribution is 2.40. The van der Waals surface area contributed by atoms with Crippen LogP contribution in [0.5, 0.6) is 11.5 Å². The molecule has 2 heterocycles. The molecule has 1 aliphatic rings. The molecule has 1 aliphatic heterocycles. The van der Waals surface area contributed by atoms with Gasteiger partial charge in [0.25, 0.3) is 5.91 Å². The number of fused-ring (bicyclic) bond motifs is 1. The molecule has 1 unspecified atom stereocenters. The number of amides is 1. The quantitative estimate of drug-likeness (QED) is 0.134. The van der Waals surface area contributed by atoms with Gasteiger partial charge in [0.15, 0.2) is 11.5 Å². The van der Waals surface area contributed by atoms with E-state index >= 15 is 0 Å². The van der Waals surface area contributed by atoms with Crippen LogP contribution in [0.3, 0.4) is 0 Å². The van der Waals surface area contributed by atoms with Crippen LogP contribution >= 0.6 is 23.4 Å². The molecule has 1 amide bonds. The van der Waals surface area contributed by atoms with E-state index < -0.39 is 6.04 Å². The van der Waals surface area contributed by atoms with E-state index in [1.807, 2.05) is 80.6 Å². The van der Waals surface area contributed by atoms with Gasteiger partial charge >= 0.3 is 0 Å². The standard InChI is InChI=1S/C32H34ClN5O3S/c1-5-6-16-41-26-15-14-22(18-27(26)40-4)29-28(30(39)35-24-12-9-10-20(2)17-24)21(3)34-31-36-32(37-38(29)31)42-19-23-11-7-8-13-25(23)33/h7-15,17-18,29H,5-6,16,19H2,1-4H3,(H,35,39)(H,34,36,37). The lowest BCUT2D eigenvalue weighted by Gasteiger charge is -2.29. The highest BCUT2D eigenvalue weighted by atomic mass is 35.5. The molecule has 0 saturated heterocycles. The number of anilines is 2. The average Bonchev–Trinajstić information content (AvgIpc) is 3.38. The number of nitrogens with zero attached hydrogens (tertiary/aromatic N) is 3. The van der Waals surface area contributed by atoms with Crippen molar-refractivity contribution in [1.29, 1.82) is 0 Å². The summed E-state index contributed by atoms with van der Waals surface area (Å²) in [5.41, 5.74) is 4.81. The Balaban J connectivity index is 1.52. The predicted molar refractivity (Wildman–Crippen MR) is 169 cm³/mol. The van der Waals surface area contributed by atoms with Crippen molar-refractivity contribution >= 4 is 40.9 Å². The van der Waals surface area contributed by atoms with Crippen LogP contribution in [0.2, 0.25) is 5.02 Å². The summed E-state index contributed by atoms with van der Waals surface area (Å²) in [5.74, 6) is 2.18. The SMILES string of the molecule is CCCCOc1ccc(C2C(C(=O)Nc3cccc(C)c3)=C(C)Nc3nc(SCc4ccccc4Cl)nn32)cc1OC. The number of carbonyl (C=O) groups excluding carboxylic acids is 1. The molecule has 0 bridgehead atoms. The maximum Gasteiger partial charge on any atom is 0.255 e. The molecule has 4 aromatic rings. The Morgan fingerprint density at radius 1 is 1.10 bits per heavy atom. The molecule has 218 valence electrons. The number of benzene rings is 3. The number of rotatable bonds is 11. The van der Waals surface area contributed by atoms with Gasteiger partial charge in [-0.05, 0) is 67.3 Å². The highest BCUT2D eigenvalue weighted by Gasteiger charge is 2.35. The van der Waals surface area contributed by atoms with Crippen LogP contribution in [0.1, 0.15) is 49.4 Å². The zero-order chi connectivity index (χ0) is 29.6. The van der Waals surface area contributed by atoms with E-state index in [2.05, 4.69) is 17.6 Å². The number of thioether (sulfide) groups is 1. The van der Waals surface area contributed by atoms with Gasteiger partial charge in [-0.15, -0.1) is 5.10 Å². The fourth-order valence-corrected chi connectivity index (χ4v) is 5.89. The van der Waals surface area contributed by atoms with Crippen molar-refractivity contribution in [3.05, 3.63) is 99.7 Å². The molecule has 0 aliphatic carbocycles. The third kappa shape index (κ3) is 6.58. The Morgan fingerprint density at radius 2 is 1.93 bits per heavy atom. The summed E-state index contributed by atoms with van der Waals surface area (Å²) in [7, 11) is 1.62. The minimum Gasteiger partial charge on any atom is -0.493 e. The zero-order valence-corrected chi connectivity index (χ0v) is 25.7. The minimum absolute atomic E-state index is 0.232. The molecule has 8 nitrogen and oxygen atoms in total. The number of unbranched alkanes of at least 4 members (excludes halogenated alkanes) is 1. The molecule has 42 heavy (non-hydrogen) atoms.